The number of aliphatic hydroxyl groups excluding tert-OH is 1. The van der Waals surface area contributed by atoms with Gasteiger partial charge in [-0.1, -0.05) is 18.6 Å². The summed E-state index contributed by atoms with van der Waals surface area (Å²) in [6, 6.07) is 5.50. The van der Waals surface area contributed by atoms with Gasteiger partial charge in [0.1, 0.15) is 4.60 Å². The van der Waals surface area contributed by atoms with Crippen LogP contribution in [0.25, 0.3) is 0 Å². The van der Waals surface area contributed by atoms with Crippen LogP contribution < -0.4 is 0 Å². The zero-order valence-corrected chi connectivity index (χ0v) is 22.2. The average Bonchev–Trinajstić information content (AvgIpc) is 3.34. The van der Waals surface area contributed by atoms with Crippen molar-refractivity contribution in [3.63, 3.8) is 0 Å². The normalized spacial score (nSPS) is 45.8. The number of Topliss-reactive ketones (excluding diaryl/α,β-unsaturated/α-hetero) is 1. The van der Waals surface area contributed by atoms with Crippen molar-refractivity contribution >= 4 is 27.5 Å². The smallest absolute Gasteiger partial charge is 0.188 e. The number of rotatable bonds is 3. The highest BCUT2D eigenvalue weighted by Crippen LogP contribution is 2.72. The lowest BCUT2D eigenvalue weighted by Crippen LogP contribution is -2.69. The van der Waals surface area contributed by atoms with Crippen molar-refractivity contribution in [1.29, 1.82) is 5.26 Å². The number of hydrogen-bond donors (Lipinski definition) is 1. The molecule has 0 amide bonds. The number of carbonyl (C=O) groups excluding carboxylic acids is 2. The SMILES string of the molecule is C[C@]12C=CC(=O)C=C1CC[C@H]1[C@@H]3C[C@H]4OC(c5cccnc5Br)O[C@@]4(C(=O)CC#N)[C@@]3(C)C[C@H](O)[C@@]12F. The van der Waals surface area contributed by atoms with Crippen LogP contribution >= 0.6 is 15.9 Å². The van der Waals surface area contributed by atoms with Gasteiger partial charge in [-0.3, -0.25) is 9.59 Å². The Morgan fingerprint density at radius 1 is 1.38 bits per heavy atom. The highest BCUT2D eigenvalue weighted by atomic mass is 79.9. The van der Waals surface area contributed by atoms with Crippen LogP contribution in [0, 0.1) is 34.0 Å². The molecule has 9 heteroatoms. The molecule has 0 bridgehead atoms. The van der Waals surface area contributed by atoms with Gasteiger partial charge in [0.05, 0.1) is 24.7 Å². The number of allylic oxidation sites excluding steroid dienone is 4. The van der Waals surface area contributed by atoms with Gasteiger partial charge in [-0.05, 0) is 78.7 Å². The maximum absolute atomic E-state index is 17.4. The van der Waals surface area contributed by atoms with E-state index in [2.05, 4.69) is 20.9 Å². The lowest BCUT2D eigenvalue weighted by Gasteiger charge is -2.62. The molecule has 0 radical (unpaired) electrons. The van der Waals surface area contributed by atoms with E-state index < -0.39 is 52.3 Å². The standard InChI is InChI=1S/C28H28BrFN2O5/c1-25-9-7-16(33)12-15(25)5-6-18-19-13-22-28(20(34)8-10-31,26(19,2)14-21(35)27(18,25)30)37-24(36-22)17-4-3-11-32-23(17)29/h3-4,7,9,11-12,18-19,21-22,24,35H,5-6,8,13-14H2,1-2H3/t18-,19-,21-,22+,24?,25-,26-,27-,28+/m0/s1. The first-order valence-corrected chi connectivity index (χ1v) is 13.5. The average molecular weight is 571 g/mol. The number of carbonyl (C=O) groups is 2. The molecule has 4 aliphatic carbocycles. The largest absolute Gasteiger partial charge is 0.390 e. The van der Waals surface area contributed by atoms with Gasteiger partial charge in [-0.15, -0.1) is 0 Å². The van der Waals surface area contributed by atoms with Crippen molar-refractivity contribution in [2.24, 2.45) is 22.7 Å². The molecule has 1 unspecified atom stereocenters. The number of halogens is 2. The second-order valence-corrected chi connectivity index (χ2v) is 12.2. The minimum atomic E-state index is -2.03. The van der Waals surface area contributed by atoms with Crippen LogP contribution in [-0.4, -0.2) is 45.1 Å². The van der Waals surface area contributed by atoms with Gasteiger partial charge in [-0.25, -0.2) is 9.37 Å². The molecule has 1 aromatic rings. The first kappa shape index (κ1) is 25.1. The number of aromatic nitrogens is 1. The van der Waals surface area contributed by atoms with Gasteiger partial charge in [0.2, 0.25) is 0 Å². The van der Waals surface area contributed by atoms with Crippen LogP contribution in [0.4, 0.5) is 4.39 Å². The van der Waals surface area contributed by atoms with E-state index in [-0.39, 0.29) is 24.5 Å². The van der Waals surface area contributed by atoms with E-state index in [1.807, 2.05) is 13.0 Å². The van der Waals surface area contributed by atoms with Crippen LogP contribution in [0.15, 0.2) is 46.7 Å². The van der Waals surface area contributed by atoms with Crippen molar-refractivity contribution in [3.05, 3.63) is 52.3 Å². The van der Waals surface area contributed by atoms with Crippen LogP contribution in [0.3, 0.4) is 0 Å². The highest BCUT2D eigenvalue weighted by Gasteiger charge is 2.79. The minimum Gasteiger partial charge on any atom is -0.390 e. The number of nitrogens with zero attached hydrogens (tertiary/aromatic N) is 2. The predicted octanol–water partition coefficient (Wildman–Crippen LogP) is 4.46. The van der Waals surface area contributed by atoms with Crippen molar-refractivity contribution in [1.82, 2.24) is 4.98 Å². The van der Waals surface area contributed by atoms with E-state index in [1.54, 1.807) is 31.3 Å². The summed E-state index contributed by atoms with van der Waals surface area (Å²) in [5.74, 6) is -1.50. The fourth-order valence-electron chi connectivity index (χ4n) is 8.37. The second kappa shape index (κ2) is 8.12. The summed E-state index contributed by atoms with van der Waals surface area (Å²) in [5.41, 5.74) is -4.32. The zero-order valence-electron chi connectivity index (χ0n) is 20.6. The molecule has 0 spiro atoms. The molecule has 4 fully saturated rings. The Balaban J connectivity index is 1.45. The molecule has 1 aliphatic heterocycles. The van der Waals surface area contributed by atoms with Gasteiger partial charge in [0.25, 0.3) is 0 Å². The molecule has 1 aromatic heterocycles. The molecule has 1 saturated heterocycles. The predicted molar refractivity (Wildman–Crippen MR) is 132 cm³/mol. The molecule has 9 atom stereocenters. The molecular formula is C28H28BrFN2O5. The van der Waals surface area contributed by atoms with Crippen molar-refractivity contribution in [2.75, 3.05) is 0 Å². The number of fused-ring (bicyclic) bond motifs is 7. The van der Waals surface area contributed by atoms with Crippen LogP contribution in [0.5, 0.6) is 0 Å². The summed E-state index contributed by atoms with van der Waals surface area (Å²) in [6.45, 7) is 3.64. The second-order valence-electron chi connectivity index (χ2n) is 11.5. The molecular weight excluding hydrogens is 543 g/mol. The summed E-state index contributed by atoms with van der Waals surface area (Å²) in [7, 11) is 0. The van der Waals surface area contributed by atoms with Crippen LogP contribution in [-0.2, 0) is 19.1 Å². The number of pyridine rings is 1. The van der Waals surface area contributed by atoms with Gasteiger partial charge in [0.15, 0.2) is 29.1 Å². The fraction of sp³-hybridized carbons (Fsp3) is 0.571. The Morgan fingerprint density at radius 2 is 2.16 bits per heavy atom. The summed E-state index contributed by atoms with van der Waals surface area (Å²) in [6.07, 6.45) is 4.02. The fourth-order valence-corrected chi connectivity index (χ4v) is 8.81. The third-order valence-electron chi connectivity index (χ3n) is 10.1. The molecule has 5 aliphatic rings. The molecule has 0 aromatic carbocycles. The Hall–Kier alpha value is -2.25. The van der Waals surface area contributed by atoms with Crippen molar-refractivity contribution in [2.45, 2.75) is 75.7 Å². The first-order chi connectivity index (χ1) is 17.5. The van der Waals surface area contributed by atoms with Gasteiger partial charge < -0.3 is 14.6 Å². The number of aliphatic hydroxyl groups is 1. The Labute approximate surface area is 222 Å². The summed E-state index contributed by atoms with van der Waals surface area (Å²) in [5, 5.41) is 21.1. The van der Waals surface area contributed by atoms with Gasteiger partial charge in [-0.2, -0.15) is 5.26 Å². The number of ketones is 2. The van der Waals surface area contributed by atoms with Crippen LogP contribution in [0.1, 0.15) is 57.8 Å². The van der Waals surface area contributed by atoms with E-state index in [1.165, 1.54) is 12.2 Å². The van der Waals surface area contributed by atoms with E-state index in [4.69, 9.17) is 9.47 Å². The number of nitriles is 1. The summed E-state index contributed by atoms with van der Waals surface area (Å²) < 4.78 is 30.9. The lowest BCUT2D eigenvalue weighted by atomic mass is 9.44. The molecule has 1 N–H and O–H groups in total. The van der Waals surface area contributed by atoms with Gasteiger partial charge >= 0.3 is 0 Å². The molecule has 194 valence electrons. The Bertz CT molecular complexity index is 1310. The first-order valence-electron chi connectivity index (χ1n) is 12.7. The topological polar surface area (TPSA) is 110 Å². The van der Waals surface area contributed by atoms with E-state index in [0.29, 0.717) is 35.0 Å². The molecule has 37 heavy (non-hydrogen) atoms. The molecule has 3 saturated carbocycles. The maximum Gasteiger partial charge on any atom is 0.188 e. The highest BCUT2D eigenvalue weighted by molar-refractivity contribution is 9.10. The Morgan fingerprint density at radius 3 is 2.89 bits per heavy atom. The minimum absolute atomic E-state index is 0.0344. The Kier molecular flexibility index (Phi) is 5.50. The summed E-state index contributed by atoms with van der Waals surface area (Å²) in [4.78, 5) is 30.1. The monoisotopic (exact) mass is 570 g/mol. The quantitative estimate of drug-likeness (QED) is 0.534. The number of alkyl halides is 1. The zero-order chi connectivity index (χ0) is 26.4. The molecule has 2 heterocycles. The number of hydrogen-bond acceptors (Lipinski definition) is 7. The van der Waals surface area contributed by atoms with E-state index in [9.17, 15) is 20.0 Å². The van der Waals surface area contributed by atoms with Crippen LogP contribution in [0.2, 0.25) is 0 Å². The summed E-state index contributed by atoms with van der Waals surface area (Å²) >= 11 is 3.42. The van der Waals surface area contributed by atoms with Crippen molar-refractivity contribution in [3.8, 4) is 6.07 Å². The third-order valence-corrected chi connectivity index (χ3v) is 10.7. The van der Waals surface area contributed by atoms with E-state index >= 15 is 4.39 Å². The van der Waals surface area contributed by atoms with Gasteiger partial charge in [0, 0.05) is 28.5 Å². The number of ether oxygens (including phenoxy) is 2. The third kappa shape index (κ3) is 2.99. The molecule has 6 rings (SSSR count). The van der Waals surface area contributed by atoms with E-state index in [0.717, 1.165) is 0 Å². The molecule has 7 nitrogen and oxygen atoms in total. The maximum atomic E-state index is 17.4. The lowest BCUT2D eigenvalue weighted by molar-refractivity contribution is -0.230. The van der Waals surface area contributed by atoms with Crippen molar-refractivity contribution < 1.29 is 28.6 Å².